The van der Waals surface area contributed by atoms with Crippen molar-refractivity contribution in [1.82, 2.24) is 19.8 Å². The Morgan fingerprint density at radius 1 is 0.964 bits per heavy atom. The highest BCUT2D eigenvalue weighted by Gasteiger charge is 2.30. The number of alkyl halides is 3. The Balaban J connectivity index is 1.59. The number of hydrogen-bond acceptors (Lipinski definition) is 4. The molecule has 2 heterocycles. The van der Waals surface area contributed by atoms with Crippen LogP contribution < -0.4 is 0 Å². The van der Waals surface area contributed by atoms with Crippen molar-refractivity contribution in [1.29, 1.82) is 0 Å². The summed E-state index contributed by atoms with van der Waals surface area (Å²) in [6, 6.07) is 17.0. The van der Waals surface area contributed by atoms with E-state index >= 15 is 0 Å². The molecule has 4 rings (SSSR count). The third-order valence-electron chi connectivity index (χ3n) is 4.20. The van der Waals surface area contributed by atoms with Gasteiger partial charge in [-0.2, -0.15) is 22.8 Å². The maximum absolute atomic E-state index is 12.9. The lowest BCUT2D eigenvalue weighted by Gasteiger charge is -2.08. The summed E-state index contributed by atoms with van der Waals surface area (Å²) in [4.78, 5) is 0. The highest BCUT2D eigenvalue weighted by molar-refractivity contribution is 7.98. The normalized spacial score (nSPS) is 11.9. The van der Waals surface area contributed by atoms with Crippen LogP contribution in [0.25, 0.3) is 16.9 Å². The minimum Gasteiger partial charge on any atom is -0.187 e. The fraction of sp³-hybridized carbons (Fsp3) is 0.150. The number of fused-ring (bicyclic) bond motifs is 1. The zero-order chi connectivity index (χ0) is 19.7. The Kier molecular flexibility index (Phi) is 4.80. The fourth-order valence-corrected chi connectivity index (χ4v) is 3.55. The quantitative estimate of drug-likeness (QED) is 0.430. The number of thioether (sulfide) groups is 1. The largest absolute Gasteiger partial charge is 0.416 e. The molecular weight excluding hydrogens is 385 g/mol. The van der Waals surface area contributed by atoms with Gasteiger partial charge >= 0.3 is 6.18 Å². The van der Waals surface area contributed by atoms with E-state index in [0.717, 1.165) is 29.0 Å². The molecule has 0 radical (unpaired) electrons. The first-order valence-corrected chi connectivity index (χ1v) is 9.47. The second kappa shape index (κ2) is 7.27. The van der Waals surface area contributed by atoms with Gasteiger partial charge in [-0.3, -0.25) is 0 Å². The first-order chi connectivity index (χ1) is 13.4. The van der Waals surface area contributed by atoms with Gasteiger partial charge in [0.2, 0.25) is 5.16 Å². The number of rotatable bonds is 4. The van der Waals surface area contributed by atoms with Gasteiger partial charge in [-0.1, -0.05) is 59.8 Å². The van der Waals surface area contributed by atoms with Crippen LogP contribution in [0.5, 0.6) is 0 Å². The Morgan fingerprint density at radius 2 is 1.75 bits per heavy atom. The van der Waals surface area contributed by atoms with Crippen LogP contribution in [0.2, 0.25) is 0 Å². The van der Waals surface area contributed by atoms with E-state index in [1.54, 1.807) is 10.6 Å². The van der Waals surface area contributed by atoms with Crippen molar-refractivity contribution in [2.24, 2.45) is 0 Å². The highest BCUT2D eigenvalue weighted by Crippen LogP contribution is 2.31. The minimum absolute atomic E-state index is 0.334. The number of hydrogen-bond donors (Lipinski definition) is 0. The molecule has 0 saturated carbocycles. The van der Waals surface area contributed by atoms with E-state index in [0.29, 0.717) is 22.1 Å². The zero-order valence-corrected chi connectivity index (χ0v) is 15.6. The predicted octanol–water partition coefficient (Wildman–Crippen LogP) is 5.41. The molecule has 2 aromatic heterocycles. The van der Waals surface area contributed by atoms with Gasteiger partial charge in [-0.15, -0.1) is 10.2 Å². The van der Waals surface area contributed by atoms with Crippen molar-refractivity contribution in [3.8, 4) is 11.3 Å². The lowest BCUT2D eigenvalue weighted by molar-refractivity contribution is -0.137. The first-order valence-electron chi connectivity index (χ1n) is 8.48. The van der Waals surface area contributed by atoms with Gasteiger partial charge in [0.1, 0.15) is 0 Å². The van der Waals surface area contributed by atoms with Crippen molar-refractivity contribution < 1.29 is 13.2 Å². The topological polar surface area (TPSA) is 43.1 Å². The lowest BCUT2D eigenvalue weighted by Crippen LogP contribution is -2.05. The summed E-state index contributed by atoms with van der Waals surface area (Å²) >= 11 is 1.29. The van der Waals surface area contributed by atoms with Gasteiger partial charge in [-0.05, 0) is 30.7 Å². The number of aryl methyl sites for hydroxylation is 1. The molecule has 0 fully saturated rings. The van der Waals surface area contributed by atoms with Crippen molar-refractivity contribution in [2.45, 2.75) is 24.0 Å². The summed E-state index contributed by atoms with van der Waals surface area (Å²) in [5.41, 5.74) is 3.39. The van der Waals surface area contributed by atoms with Gasteiger partial charge in [0.15, 0.2) is 5.65 Å². The number of benzene rings is 2. The smallest absolute Gasteiger partial charge is 0.187 e. The second-order valence-electron chi connectivity index (χ2n) is 6.32. The summed E-state index contributed by atoms with van der Waals surface area (Å²) in [5, 5.41) is 13.3. The van der Waals surface area contributed by atoms with Crippen LogP contribution in [0.15, 0.2) is 65.8 Å². The molecule has 0 N–H and O–H groups in total. The molecule has 0 aliphatic rings. The van der Waals surface area contributed by atoms with Crippen molar-refractivity contribution in [3.63, 3.8) is 0 Å². The summed E-state index contributed by atoms with van der Waals surface area (Å²) in [6.45, 7) is 2.02. The summed E-state index contributed by atoms with van der Waals surface area (Å²) in [7, 11) is 0. The molecule has 0 aliphatic carbocycles. The molecule has 142 valence electrons. The van der Waals surface area contributed by atoms with E-state index in [4.69, 9.17) is 0 Å². The highest BCUT2D eigenvalue weighted by atomic mass is 32.2. The molecule has 4 nitrogen and oxygen atoms in total. The SMILES string of the molecule is Cc1ccc(-c2ccc3nnc(SCc4cccc(C(F)(F)F)c4)n3n2)cc1. The third-order valence-corrected chi connectivity index (χ3v) is 5.19. The summed E-state index contributed by atoms with van der Waals surface area (Å²) < 4.78 is 40.2. The molecule has 0 amide bonds. The Bertz CT molecular complexity index is 1120. The zero-order valence-electron chi connectivity index (χ0n) is 14.8. The third kappa shape index (κ3) is 3.87. The minimum atomic E-state index is -4.35. The maximum atomic E-state index is 12.9. The molecule has 2 aromatic carbocycles. The number of nitrogens with zero attached hydrogens (tertiary/aromatic N) is 4. The number of aromatic nitrogens is 4. The van der Waals surface area contributed by atoms with E-state index < -0.39 is 11.7 Å². The second-order valence-corrected chi connectivity index (χ2v) is 7.27. The predicted molar refractivity (Wildman–Crippen MR) is 102 cm³/mol. The van der Waals surface area contributed by atoms with Gasteiger partial charge in [0.05, 0.1) is 11.3 Å². The van der Waals surface area contributed by atoms with Crippen LogP contribution in [-0.2, 0) is 11.9 Å². The van der Waals surface area contributed by atoms with Gasteiger partial charge in [0.25, 0.3) is 0 Å². The van der Waals surface area contributed by atoms with Crippen LogP contribution in [0.1, 0.15) is 16.7 Å². The molecule has 0 spiro atoms. The van der Waals surface area contributed by atoms with Crippen LogP contribution in [0.3, 0.4) is 0 Å². The Labute approximate surface area is 163 Å². The van der Waals surface area contributed by atoms with Crippen LogP contribution in [-0.4, -0.2) is 19.8 Å². The van der Waals surface area contributed by atoms with Crippen molar-refractivity contribution in [3.05, 3.63) is 77.4 Å². The van der Waals surface area contributed by atoms with E-state index in [1.165, 1.54) is 17.8 Å². The molecule has 4 aromatic rings. The molecule has 8 heteroatoms. The molecule has 0 atom stereocenters. The van der Waals surface area contributed by atoms with Crippen molar-refractivity contribution in [2.75, 3.05) is 0 Å². The van der Waals surface area contributed by atoms with E-state index in [1.807, 2.05) is 43.3 Å². The summed E-state index contributed by atoms with van der Waals surface area (Å²) in [6.07, 6.45) is -4.35. The van der Waals surface area contributed by atoms with Crippen molar-refractivity contribution >= 4 is 17.4 Å². The summed E-state index contributed by atoms with van der Waals surface area (Å²) in [5.74, 6) is 0.334. The molecular formula is C20H15F3N4S. The van der Waals surface area contributed by atoms with Crippen LogP contribution in [0, 0.1) is 6.92 Å². The van der Waals surface area contributed by atoms with Crippen LogP contribution in [0.4, 0.5) is 13.2 Å². The standard InChI is InChI=1S/C20H15F3N4S/c1-13-5-7-15(8-6-13)17-9-10-18-24-25-19(27(18)26-17)28-12-14-3-2-4-16(11-14)20(21,22)23/h2-11H,12H2,1H3. The molecule has 0 bridgehead atoms. The van der Waals surface area contributed by atoms with Gasteiger partial charge < -0.3 is 0 Å². The van der Waals surface area contributed by atoms with Gasteiger partial charge in [-0.25, -0.2) is 0 Å². The lowest BCUT2D eigenvalue weighted by atomic mass is 10.1. The Morgan fingerprint density at radius 3 is 2.50 bits per heavy atom. The molecule has 0 unspecified atom stereocenters. The Hall–Kier alpha value is -2.87. The van der Waals surface area contributed by atoms with Crippen LogP contribution >= 0.6 is 11.8 Å². The average Bonchev–Trinajstić information content (AvgIpc) is 3.09. The molecule has 28 heavy (non-hydrogen) atoms. The van der Waals surface area contributed by atoms with Gasteiger partial charge in [0, 0.05) is 11.3 Å². The first kappa shape index (κ1) is 18.5. The molecule has 0 saturated heterocycles. The monoisotopic (exact) mass is 400 g/mol. The molecule has 0 aliphatic heterocycles. The van der Waals surface area contributed by atoms with E-state index in [2.05, 4.69) is 15.3 Å². The fourth-order valence-electron chi connectivity index (χ4n) is 2.72. The maximum Gasteiger partial charge on any atom is 0.416 e. The van der Waals surface area contributed by atoms with E-state index in [9.17, 15) is 13.2 Å². The number of halogens is 3. The average molecular weight is 400 g/mol. The van der Waals surface area contributed by atoms with E-state index in [-0.39, 0.29) is 0 Å².